The van der Waals surface area contributed by atoms with Crippen LogP contribution in [0, 0.1) is 5.41 Å². The van der Waals surface area contributed by atoms with Gasteiger partial charge in [0.15, 0.2) is 0 Å². The van der Waals surface area contributed by atoms with Crippen molar-refractivity contribution in [1.82, 2.24) is 0 Å². The summed E-state index contributed by atoms with van der Waals surface area (Å²) >= 11 is 0. The highest BCUT2D eigenvalue weighted by Gasteiger charge is 1.87. The molecule has 0 atom stereocenters. The predicted molar refractivity (Wildman–Crippen MR) is 56.4 cm³/mol. The molecule has 0 spiro atoms. The van der Waals surface area contributed by atoms with E-state index in [9.17, 15) is 0 Å². The Morgan fingerprint density at radius 2 is 1.62 bits per heavy atom. The van der Waals surface area contributed by atoms with Crippen LogP contribution >= 0.6 is 12.4 Å². The maximum Gasteiger partial charge on any atom is 0.231 e. The summed E-state index contributed by atoms with van der Waals surface area (Å²) < 4.78 is 0. The van der Waals surface area contributed by atoms with Crippen molar-refractivity contribution in [2.75, 3.05) is 19.0 Å². The lowest BCUT2D eigenvalue weighted by Crippen LogP contribution is -2.07. The molecule has 0 fully saturated rings. The summed E-state index contributed by atoms with van der Waals surface area (Å²) in [5, 5.41) is 5.40. The summed E-state index contributed by atoms with van der Waals surface area (Å²) in [6.07, 6.45) is 0.750. The van der Waals surface area contributed by atoms with E-state index in [1.807, 2.05) is 32.3 Å². The molecule has 0 radical (unpaired) electrons. The van der Waals surface area contributed by atoms with Gasteiger partial charge >= 0.3 is 0 Å². The van der Waals surface area contributed by atoms with Gasteiger partial charge in [0.05, 0.1) is 0 Å². The highest BCUT2D eigenvalue weighted by Crippen LogP contribution is 2.07. The van der Waals surface area contributed by atoms with Gasteiger partial charge in [-0.1, -0.05) is 18.2 Å². The van der Waals surface area contributed by atoms with Crippen LogP contribution in [0.25, 0.3) is 0 Å². The highest BCUT2D eigenvalue weighted by molar-refractivity contribution is 5.85. The predicted octanol–water partition coefficient (Wildman–Crippen LogP) is 2.08. The second-order valence-corrected chi connectivity index (χ2v) is 2.33. The first-order chi connectivity index (χ1) is 5.72. The van der Waals surface area contributed by atoms with E-state index < -0.39 is 0 Å². The quantitative estimate of drug-likeness (QED) is 0.557. The molecule has 0 saturated carbocycles. The first kappa shape index (κ1) is 14.2. The first-order valence-electron chi connectivity index (χ1n) is 3.48. The largest absolute Gasteiger partial charge is 0.378 e. The lowest BCUT2D eigenvalue weighted by atomic mass is 10.3. The molecule has 0 saturated heterocycles. The SMILES string of the molecule is CN(C)c1ccccc1.Cl.N=C=O. The third-order valence-electron chi connectivity index (χ3n) is 1.27. The molecule has 0 heterocycles. The number of anilines is 1. The number of carbonyl (C=O) groups excluding carboxylic acids is 1. The second-order valence-electron chi connectivity index (χ2n) is 2.33. The van der Waals surface area contributed by atoms with E-state index in [0.29, 0.717) is 0 Å². The summed E-state index contributed by atoms with van der Waals surface area (Å²) in [6, 6.07) is 10.3. The summed E-state index contributed by atoms with van der Waals surface area (Å²) in [7, 11) is 4.07. The third-order valence-corrected chi connectivity index (χ3v) is 1.27. The summed E-state index contributed by atoms with van der Waals surface area (Å²) in [6.45, 7) is 0. The first-order valence-corrected chi connectivity index (χ1v) is 3.48. The minimum absolute atomic E-state index is 0. The zero-order valence-corrected chi connectivity index (χ0v) is 8.47. The Kier molecular flexibility index (Phi) is 9.61. The monoisotopic (exact) mass is 200 g/mol. The third kappa shape index (κ3) is 7.06. The summed E-state index contributed by atoms with van der Waals surface area (Å²) in [5.74, 6) is 0. The van der Waals surface area contributed by atoms with Crippen LogP contribution in [-0.2, 0) is 4.79 Å². The number of nitrogens with zero attached hydrogens (tertiary/aromatic N) is 1. The number of nitrogens with one attached hydrogen (secondary N) is 1. The van der Waals surface area contributed by atoms with Gasteiger partial charge in [-0.2, -0.15) is 0 Å². The van der Waals surface area contributed by atoms with E-state index in [1.54, 1.807) is 0 Å². The van der Waals surface area contributed by atoms with Crippen molar-refractivity contribution < 1.29 is 4.79 Å². The molecule has 1 aromatic rings. The fourth-order valence-corrected chi connectivity index (χ4v) is 0.726. The van der Waals surface area contributed by atoms with Crippen molar-refractivity contribution in [3.05, 3.63) is 30.3 Å². The minimum atomic E-state index is 0. The second kappa shape index (κ2) is 8.78. The number of benzene rings is 1. The van der Waals surface area contributed by atoms with Crippen molar-refractivity contribution in [2.24, 2.45) is 0 Å². The maximum absolute atomic E-state index is 8.35. The van der Waals surface area contributed by atoms with E-state index in [4.69, 9.17) is 10.2 Å². The van der Waals surface area contributed by atoms with Gasteiger partial charge < -0.3 is 4.90 Å². The van der Waals surface area contributed by atoms with Gasteiger partial charge in [-0.15, -0.1) is 12.4 Å². The Labute approximate surface area is 84.3 Å². The topological polar surface area (TPSA) is 44.2 Å². The van der Waals surface area contributed by atoms with Gasteiger partial charge in [0, 0.05) is 19.8 Å². The number of para-hydroxylation sites is 1. The molecule has 1 N–H and O–H groups in total. The van der Waals surface area contributed by atoms with Crippen LogP contribution in [0.1, 0.15) is 0 Å². The molecule has 0 aliphatic carbocycles. The van der Waals surface area contributed by atoms with Crippen molar-refractivity contribution in [3.63, 3.8) is 0 Å². The lowest BCUT2D eigenvalue weighted by molar-refractivity contribution is 0.563. The standard InChI is InChI=1S/C8H11N.CHNO.ClH/c1-9(2)8-6-4-3-5-7-8;2-1-3;/h3-7H,1-2H3;2H;1H. The molecule has 1 aromatic carbocycles. The van der Waals surface area contributed by atoms with Crippen LogP contribution < -0.4 is 4.90 Å². The van der Waals surface area contributed by atoms with Crippen LogP contribution in [0.5, 0.6) is 0 Å². The lowest BCUT2D eigenvalue weighted by Gasteiger charge is -2.10. The van der Waals surface area contributed by atoms with E-state index in [0.717, 1.165) is 6.08 Å². The Hall–Kier alpha value is -1.31. The van der Waals surface area contributed by atoms with Crippen molar-refractivity contribution in [2.45, 2.75) is 0 Å². The van der Waals surface area contributed by atoms with Crippen LogP contribution in [0.3, 0.4) is 0 Å². The summed E-state index contributed by atoms with van der Waals surface area (Å²) in [5.41, 5.74) is 1.25. The van der Waals surface area contributed by atoms with Crippen LogP contribution in [0.15, 0.2) is 30.3 Å². The van der Waals surface area contributed by atoms with Crippen LogP contribution in [0.2, 0.25) is 0 Å². The molecular formula is C9H13ClN2O. The fourth-order valence-electron chi connectivity index (χ4n) is 0.726. The zero-order valence-electron chi connectivity index (χ0n) is 7.65. The van der Waals surface area contributed by atoms with Gasteiger partial charge in [0.1, 0.15) is 0 Å². The number of hydrogen-bond acceptors (Lipinski definition) is 3. The van der Waals surface area contributed by atoms with Crippen LogP contribution in [0.4, 0.5) is 5.69 Å². The van der Waals surface area contributed by atoms with Crippen molar-refractivity contribution >= 4 is 24.2 Å². The number of hydrogen-bond donors (Lipinski definition) is 1. The molecule has 0 amide bonds. The van der Waals surface area contributed by atoms with E-state index >= 15 is 0 Å². The smallest absolute Gasteiger partial charge is 0.231 e. The number of rotatable bonds is 1. The zero-order chi connectivity index (χ0) is 9.40. The molecular weight excluding hydrogens is 188 g/mol. The normalized spacial score (nSPS) is 6.92. The Morgan fingerprint density at radius 1 is 1.23 bits per heavy atom. The van der Waals surface area contributed by atoms with Gasteiger partial charge in [-0.05, 0) is 12.1 Å². The Bertz CT molecular complexity index is 243. The Balaban J connectivity index is 0. The molecule has 0 aromatic heterocycles. The molecule has 0 bridgehead atoms. The van der Waals surface area contributed by atoms with Gasteiger partial charge in [0.2, 0.25) is 6.08 Å². The fraction of sp³-hybridized carbons (Fsp3) is 0.222. The van der Waals surface area contributed by atoms with Crippen LogP contribution in [-0.4, -0.2) is 20.2 Å². The van der Waals surface area contributed by atoms with Crippen molar-refractivity contribution in [1.29, 1.82) is 5.41 Å². The molecule has 4 heteroatoms. The average molecular weight is 201 g/mol. The van der Waals surface area contributed by atoms with E-state index in [2.05, 4.69) is 17.0 Å². The Morgan fingerprint density at radius 3 is 1.85 bits per heavy atom. The summed E-state index contributed by atoms with van der Waals surface area (Å²) in [4.78, 5) is 10.4. The van der Waals surface area contributed by atoms with Crippen molar-refractivity contribution in [3.8, 4) is 0 Å². The van der Waals surface area contributed by atoms with Gasteiger partial charge in [-0.3, -0.25) is 0 Å². The number of isocyanates is 1. The average Bonchev–Trinajstić information content (AvgIpc) is 2.07. The maximum atomic E-state index is 8.35. The minimum Gasteiger partial charge on any atom is -0.378 e. The molecule has 1 rings (SSSR count). The van der Waals surface area contributed by atoms with Gasteiger partial charge in [-0.25, -0.2) is 10.2 Å². The molecule has 0 unspecified atom stereocenters. The molecule has 13 heavy (non-hydrogen) atoms. The van der Waals surface area contributed by atoms with Gasteiger partial charge in [0.25, 0.3) is 0 Å². The van der Waals surface area contributed by atoms with E-state index in [1.165, 1.54) is 5.69 Å². The molecule has 0 aliphatic heterocycles. The van der Waals surface area contributed by atoms with E-state index in [-0.39, 0.29) is 12.4 Å². The number of halogens is 1. The molecule has 3 nitrogen and oxygen atoms in total. The molecule has 0 aliphatic rings. The molecule has 72 valence electrons. The highest BCUT2D eigenvalue weighted by atomic mass is 35.5.